The largest absolute Gasteiger partial charge is 0.323 e. The predicted molar refractivity (Wildman–Crippen MR) is 73.5 cm³/mol. The molecule has 0 spiro atoms. The zero-order chi connectivity index (χ0) is 13.8. The van der Waals surface area contributed by atoms with Crippen LogP contribution in [0.15, 0.2) is 29.2 Å². The molecule has 1 aromatic rings. The van der Waals surface area contributed by atoms with E-state index in [4.69, 9.17) is 5.84 Å². The number of nitrogen functional groups attached to an aromatic ring is 1. The van der Waals surface area contributed by atoms with Gasteiger partial charge in [-0.05, 0) is 24.0 Å². The van der Waals surface area contributed by atoms with Crippen molar-refractivity contribution in [3.63, 3.8) is 0 Å². The molecule has 0 aromatic heterocycles. The number of hydrazine groups is 1. The van der Waals surface area contributed by atoms with Crippen molar-refractivity contribution in [3.8, 4) is 0 Å². The quantitative estimate of drug-likeness (QED) is 0.562. The van der Waals surface area contributed by atoms with E-state index >= 15 is 0 Å². The monoisotopic (exact) mass is 271 g/mol. The minimum atomic E-state index is -3.52. The van der Waals surface area contributed by atoms with E-state index < -0.39 is 10.0 Å². The predicted octanol–water partition coefficient (Wildman–Crippen LogP) is 1.69. The van der Waals surface area contributed by atoms with Crippen molar-refractivity contribution in [1.29, 1.82) is 0 Å². The van der Waals surface area contributed by atoms with Crippen LogP contribution in [-0.4, -0.2) is 15.0 Å². The van der Waals surface area contributed by atoms with Crippen LogP contribution in [0.5, 0.6) is 0 Å². The second kappa shape index (κ2) is 5.69. The smallest absolute Gasteiger partial charge is 0.242 e. The minimum Gasteiger partial charge on any atom is -0.323 e. The number of hydrogen-bond acceptors (Lipinski definition) is 4. The Morgan fingerprint density at radius 1 is 1.22 bits per heavy atom. The number of rotatable bonds is 5. The highest BCUT2D eigenvalue weighted by Gasteiger charge is 2.18. The number of nitrogens with one attached hydrogen (secondary N) is 2. The van der Waals surface area contributed by atoms with Crippen LogP contribution in [0.4, 0.5) is 5.69 Å². The summed E-state index contributed by atoms with van der Waals surface area (Å²) in [5, 5.41) is 0. The summed E-state index contributed by atoms with van der Waals surface area (Å²) in [6.07, 6.45) is 0.768. The fourth-order valence-corrected chi connectivity index (χ4v) is 2.66. The molecular formula is C12H21N3O2S. The summed E-state index contributed by atoms with van der Waals surface area (Å²) in [6, 6.07) is 6.54. The van der Waals surface area contributed by atoms with Gasteiger partial charge in [-0.15, -0.1) is 0 Å². The number of nitrogens with two attached hydrogens (primary N) is 1. The first-order valence-corrected chi connectivity index (χ1v) is 7.30. The van der Waals surface area contributed by atoms with E-state index in [9.17, 15) is 8.42 Å². The van der Waals surface area contributed by atoms with Crippen molar-refractivity contribution in [2.45, 2.75) is 32.1 Å². The van der Waals surface area contributed by atoms with Crippen molar-refractivity contribution < 1.29 is 8.42 Å². The van der Waals surface area contributed by atoms with Gasteiger partial charge in [-0.3, -0.25) is 5.84 Å². The third kappa shape index (κ3) is 4.29. The van der Waals surface area contributed by atoms with E-state index in [1.807, 2.05) is 0 Å². The molecule has 0 atom stereocenters. The van der Waals surface area contributed by atoms with Crippen LogP contribution < -0.4 is 16.0 Å². The van der Waals surface area contributed by atoms with Crippen LogP contribution in [0, 0.1) is 5.41 Å². The molecule has 18 heavy (non-hydrogen) atoms. The lowest BCUT2D eigenvalue weighted by atomic mass is 9.93. The van der Waals surface area contributed by atoms with Gasteiger partial charge in [0.1, 0.15) is 4.90 Å². The molecule has 0 saturated heterocycles. The van der Waals surface area contributed by atoms with Gasteiger partial charge in [-0.1, -0.05) is 32.9 Å². The molecule has 1 rings (SSSR count). The van der Waals surface area contributed by atoms with Gasteiger partial charge in [0.2, 0.25) is 10.0 Å². The van der Waals surface area contributed by atoms with Crippen LogP contribution in [0.3, 0.4) is 0 Å². The number of anilines is 1. The lowest BCUT2D eigenvalue weighted by molar-refractivity contribution is 0.378. The fraction of sp³-hybridized carbons (Fsp3) is 0.500. The molecule has 0 amide bonds. The molecule has 0 saturated carbocycles. The van der Waals surface area contributed by atoms with E-state index in [0.717, 1.165) is 6.42 Å². The van der Waals surface area contributed by atoms with E-state index in [0.29, 0.717) is 12.2 Å². The fourth-order valence-electron chi connectivity index (χ4n) is 1.46. The van der Waals surface area contributed by atoms with Gasteiger partial charge in [0.05, 0.1) is 5.69 Å². The van der Waals surface area contributed by atoms with Gasteiger partial charge in [-0.25, -0.2) is 13.1 Å². The lowest BCUT2D eigenvalue weighted by Crippen LogP contribution is -2.28. The maximum absolute atomic E-state index is 12.1. The Hall–Kier alpha value is -1.11. The van der Waals surface area contributed by atoms with Crippen LogP contribution in [0.2, 0.25) is 0 Å². The van der Waals surface area contributed by atoms with Crippen LogP contribution >= 0.6 is 0 Å². The highest BCUT2D eigenvalue weighted by Crippen LogP contribution is 2.21. The maximum atomic E-state index is 12.1. The van der Waals surface area contributed by atoms with Gasteiger partial charge >= 0.3 is 0 Å². The molecular weight excluding hydrogens is 250 g/mol. The molecule has 102 valence electrons. The molecule has 4 N–H and O–H groups in total. The Labute approximate surface area is 109 Å². The molecule has 0 aliphatic heterocycles. The second-order valence-corrected chi connectivity index (χ2v) is 7.08. The van der Waals surface area contributed by atoms with Crippen LogP contribution in [0.25, 0.3) is 0 Å². The lowest BCUT2D eigenvalue weighted by Gasteiger charge is -2.18. The van der Waals surface area contributed by atoms with Crippen LogP contribution in [-0.2, 0) is 10.0 Å². The number of para-hydroxylation sites is 1. The summed E-state index contributed by atoms with van der Waals surface area (Å²) in [5.74, 6) is 5.30. The van der Waals surface area contributed by atoms with Crippen molar-refractivity contribution in [2.24, 2.45) is 11.3 Å². The molecule has 0 bridgehead atoms. The Kier molecular flexibility index (Phi) is 4.72. The van der Waals surface area contributed by atoms with Gasteiger partial charge in [0.25, 0.3) is 0 Å². The number of sulfonamides is 1. The Morgan fingerprint density at radius 2 is 1.83 bits per heavy atom. The van der Waals surface area contributed by atoms with Gasteiger partial charge < -0.3 is 5.43 Å². The Morgan fingerprint density at radius 3 is 2.39 bits per heavy atom. The molecule has 0 aliphatic rings. The Bertz CT molecular complexity index is 492. The number of hydrogen-bond donors (Lipinski definition) is 3. The Balaban J connectivity index is 2.81. The molecule has 0 heterocycles. The molecule has 0 aliphatic carbocycles. The summed E-state index contributed by atoms with van der Waals surface area (Å²) in [6.45, 7) is 6.61. The number of benzene rings is 1. The zero-order valence-electron chi connectivity index (χ0n) is 11.0. The third-order valence-electron chi connectivity index (χ3n) is 2.50. The summed E-state index contributed by atoms with van der Waals surface area (Å²) in [7, 11) is -3.52. The zero-order valence-corrected chi connectivity index (χ0v) is 11.8. The highest BCUT2D eigenvalue weighted by molar-refractivity contribution is 7.89. The third-order valence-corrected chi connectivity index (χ3v) is 4.02. The van der Waals surface area contributed by atoms with Gasteiger partial charge in [-0.2, -0.15) is 0 Å². The van der Waals surface area contributed by atoms with E-state index in [1.165, 1.54) is 6.07 Å². The summed E-state index contributed by atoms with van der Waals surface area (Å²) in [5.41, 5.74) is 2.87. The van der Waals surface area contributed by atoms with Crippen molar-refractivity contribution in [1.82, 2.24) is 4.72 Å². The van der Waals surface area contributed by atoms with E-state index in [-0.39, 0.29) is 10.3 Å². The maximum Gasteiger partial charge on any atom is 0.242 e. The summed E-state index contributed by atoms with van der Waals surface area (Å²) in [4.78, 5) is 0.168. The molecule has 6 heteroatoms. The molecule has 0 unspecified atom stereocenters. The van der Waals surface area contributed by atoms with Crippen LogP contribution in [0.1, 0.15) is 27.2 Å². The SMILES string of the molecule is CC(C)(C)CCNS(=O)(=O)c1ccccc1NN. The minimum absolute atomic E-state index is 0.0914. The van der Waals surface area contributed by atoms with E-state index in [2.05, 4.69) is 30.9 Å². The first-order valence-electron chi connectivity index (χ1n) is 5.81. The normalized spacial score (nSPS) is 12.4. The standard InChI is InChI=1S/C12H21N3O2S/c1-12(2,3)8-9-14-18(16,17)11-7-5-4-6-10(11)15-13/h4-7,14-15H,8-9,13H2,1-3H3. The molecule has 5 nitrogen and oxygen atoms in total. The van der Waals surface area contributed by atoms with Crippen molar-refractivity contribution in [3.05, 3.63) is 24.3 Å². The molecule has 0 radical (unpaired) electrons. The van der Waals surface area contributed by atoms with Gasteiger partial charge in [0.15, 0.2) is 0 Å². The molecule has 0 fully saturated rings. The second-order valence-electron chi connectivity index (χ2n) is 5.35. The first-order chi connectivity index (χ1) is 8.26. The summed E-state index contributed by atoms with van der Waals surface area (Å²) < 4.78 is 26.8. The van der Waals surface area contributed by atoms with Crippen molar-refractivity contribution in [2.75, 3.05) is 12.0 Å². The average molecular weight is 271 g/mol. The summed E-state index contributed by atoms with van der Waals surface area (Å²) >= 11 is 0. The highest BCUT2D eigenvalue weighted by atomic mass is 32.2. The van der Waals surface area contributed by atoms with Gasteiger partial charge in [0, 0.05) is 6.54 Å². The molecule has 1 aromatic carbocycles. The first kappa shape index (κ1) is 14.9. The van der Waals surface area contributed by atoms with E-state index in [1.54, 1.807) is 18.2 Å². The topological polar surface area (TPSA) is 84.2 Å². The van der Waals surface area contributed by atoms with Crippen molar-refractivity contribution >= 4 is 15.7 Å². The average Bonchev–Trinajstić information content (AvgIpc) is 2.27.